The van der Waals surface area contributed by atoms with Crippen LogP contribution < -0.4 is 16.0 Å². The molecule has 0 spiro atoms. The molecule has 9 nitrogen and oxygen atoms in total. The van der Waals surface area contributed by atoms with Crippen LogP contribution in [0.1, 0.15) is 50.6 Å². The number of hydrogen-bond acceptors (Lipinski definition) is 5. The number of amides is 3. The number of fused-ring (bicyclic) bond motifs is 12. The first-order valence-electron chi connectivity index (χ1n) is 9.38. The van der Waals surface area contributed by atoms with Crippen LogP contribution in [0.3, 0.4) is 0 Å². The van der Waals surface area contributed by atoms with Gasteiger partial charge in [-0.25, -0.2) is 4.68 Å². The van der Waals surface area contributed by atoms with Crippen molar-refractivity contribution in [3.05, 3.63) is 11.9 Å². The number of carbonyl (C=O) groups excluding carboxylic acids is 3. The molecule has 3 aliphatic rings. The molecule has 0 unspecified atom stereocenters. The zero-order valence-corrected chi connectivity index (χ0v) is 14.9. The molecule has 0 radical (unpaired) electrons. The minimum absolute atomic E-state index is 0.00502. The van der Waals surface area contributed by atoms with Gasteiger partial charge in [-0.15, -0.1) is 5.10 Å². The van der Waals surface area contributed by atoms with E-state index in [-0.39, 0.29) is 17.7 Å². The molecular formula is C17H26N6O3. The van der Waals surface area contributed by atoms with E-state index in [1.807, 2.05) is 4.68 Å². The molecule has 1 saturated heterocycles. The minimum Gasteiger partial charge on any atom is -0.356 e. The summed E-state index contributed by atoms with van der Waals surface area (Å²) in [5, 5.41) is 16.6. The lowest BCUT2D eigenvalue weighted by Gasteiger charge is -2.29. The number of hydrogen-bond donors (Lipinski definition) is 3. The Hall–Kier alpha value is -2.45. The summed E-state index contributed by atoms with van der Waals surface area (Å²) in [6, 6.07) is -0.918. The Bertz CT molecular complexity index is 659. The van der Waals surface area contributed by atoms with E-state index in [9.17, 15) is 14.4 Å². The molecule has 3 amide bonds. The zero-order chi connectivity index (χ0) is 18.4. The Morgan fingerprint density at radius 2 is 1.62 bits per heavy atom. The second-order valence-corrected chi connectivity index (χ2v) is 6.91. The van der Waals surface area contributed by atoms with Gasteiger partial charge in [0.15, 0.2) is 0 Å². The van der Waals surface area contributed by atoms with Crippen LogP contribution in [0.2, 0.25) is 0 Å². The highest BCUT2D eigenvalue weighted by Gasteiger charge is 2.32. The molecule has 1 aromatic rings. The third kappa shape index (κ3) is 4.80. The fourth-order valence-corrected chi connectivity index (χ4v) is 3.38. The van der Waals surface area contributed by atoms with Crippen LogP contribution in [0, 0.1) is 0 Å². The number of aryl methyl sites for hydroxylation is 2. The number of carbonyl (C=O) groups is 3. The average Bonchev–Trinajstić information content (AvgIpc) is 3.06. The Labute approximate surface area is 152 Å². The first kappa shape index (κ1) is 18.3. The summed E-state index contributed by atoms with van der Waals surface area (Å²) in [4.78, 5) is 36.3. The molecule has 4 heterocycles. The Kier molecular flexibility index (Phi) is 6.19. The van der Waals surface area contributed by atoms with Gasteiger partial charge in [0.2, 0.25) is 17.7 Å². The van der Waals surface area contributed by atoms with Crippen molar-refractivity contribution >= 4 is 17.7 Å². The van der Waals surface area contributed by atoms with Gasteiger partial charge in [-0.1, -0.05) is 5.21 Å². The number of aromatic nitrogens is 3. The van der Waals surface area contributed by atoms with Gasteiger partial charge in [-0.3, -0.25) is 14.4 Å². The third-order valence-electron chi connectivity index (χ3n) is 4.93. The van der Waals surface area contributed by atoms with Crippen LogP contribution in [0.5, 0.6) is 0 Å². The topological polar surface area (TPSA) is 118 Å². The Balaban J connectivity index is 1.63. The van der Waals surface area contributed by atoms with E-state index in [1.54, 1.807) is 6.20 Å². The van der Waals surface area contributed by atoms with Crippen molar-refractivity contribution in [2.45, 2.75) is 70.0 Å². The molecule has 1 fully saturated rings. The molecule has 0 saturated carbocycles. The molecule has 3 aliphatic heterocycles. The van der Waals surface area contributed by atoms with Crippen LogP contribution in [0.15, 0.2) is 6.20 Å². The van der Waals surface area contributed by atoms with Crippen molar-refractivity contribution < 1.29 is 14.4 Å². The molecule has 9 heteroatoms. The molecular weight excluding hydrogens is 336 g/mol. The van der Waals surface area contributed by atoms with Crippen LogP contribution in [0.25, 0.3) is 0 Å². The average molecular weight is 362 g/mol. The predicted octanol–water partition coefficient (Wildman–Crippen LogP) is -0.336. The predicted molar refractivity (Wildman–Crippen MR) is 92.9 cm³/mol. The van der Waals surface area contributed by atoms with Crippen LogP contribution in [-0.4, -0.2) is 51.3 Å². The van der Waals surface area contributed by atoms with Gasteiger partial charge in [0, 0.05) is 19.5 Å². The number of nitrogens with zero attached hydrogens (tertiary/aromatic N) is 3. The molecule has 0 aliphatic carbocycles. The van der Waals surface area contributed by atoms with Crippen molar-refractivity contribution in [2.75, 3.05) is 6.54 Å². The Morgan fingerprint density at radius 1 is 0.923 bits per heavy atom. The third-order valence-corrected chi connectivity index (χ3v) is 4.93. The largest absolute Gasteiger partial charge is 0.356 e. The summed E-state index contributed by atoms with van der Waals surface area (Å²) in [5.41, 5.74) is 0.938. The first-order chi connectivity index (χ1) is 12.6. The highest BCUT2D eigenvalue weighted by Crippen LogP contribution is 2.11. The molecule has 4 rings (SSSR count). The fraction of sp³-hybridized carbons (Fsp3) is 0.706. The van der Waals surface area contributed by atoms with E-state index >= 15 is 0 Å². The van der Waals surface area contributed by atoms with Crippen molar-refractivity contribution in [1.29, 1.82) is 0 Å². The maximum absolute atomic E-state index is 12.2. The molecule has 2 atom stereocenters. The van der Waals surface area contributed by atoms with E-state index < -0.39 is 12.1 Å². The van der Waals surface area contributed by atoms with E-state index in [0.29, 0.717) is 38.8 Å². The molecule has 0 aromatic carbocycles. The summed E-state index contributed by atoms with van der Waals surface area (Å²) < 4.78 is 1.81. The quantitative estimate of drug-likeness (QED) is 0.584. The number of nitrogens with one attached hydrogen (secondary N) is 3. The van der Waals surface area contributed by atoms with E-state index in [4.69, 9.17) is 0 Å². The summed E-state index contributed by atoms with van der Waals surface area (Å²) in [7, 11) is 0. The standard InChI is InChI=1S/C17H26N6O3/c24-15-8-7-12-11-19-22-23(12)10-4-2-6-14-17(26)20-13(16(25)21-14)5-1-3-9-18-15/h11,13-14H,1-10H2,(H,18,24)(H,20,26)(H,21,25)/t13-,14-/m0/s1. The summed E-state index contributed by atoms with van der Waals surface area (Å²) >= 11 is 0. The van der Waals surface area contributed by atoms with Crippen LogP contribution in [-0.2, 0) is 27.3 Å². The van der Waals surface area contributed by atoms with E-state index in [2.05, 4.69) is 26.3 Å². The van der Waals surface area contributed by atoms with Gasteiger partial charge in [0.05, 0.1) is 11.9 Å². The molecule has 2 bridgehead atoms. The van der Waals surface area contributed by atoms with Crippen molar-refractivity contribution in [2.24, 2.45) is 0 Å². The number of piperazine rings is 1. The van der Waals surface area contributed by atoms with Crippen LogP contribution >= 0.6 is 0 Å². The summed E-state index contributed by atoms with van der Waals surface area (Å²) in [5.74, 6) is -0.214. The normalized spacial score (nSPS) is 26.1. The summed E-state index contributed by atoms with van der Waals surface area (Å²) in [6.07, 6.45) is 7.07. The van der Waals surface area contributed by atoms with Crippen molar-refractivity contribution in [3.63, 3.8) is 0 Å². The second kappa shape index (κ2) is 8.77. The van der Waals surface area contributed by atoms with Gasteiger partial charge in [-0.05, 0) is 44.9 Å². The molecule has 142 valence electrons. The SMILES string of the molecule is O=C1CCc2cnnn2CCCC[C@@H]2NC(=O)[C@H](CCCCN1)NC2=O. The number of rotatable bonds is 0. The lowest BCUT2D eigenvalue weighted by Crippen LogP contribution is -2.61. The van der Waals surface area contributed by atoms with Crippen molar-refractivity contribution in [3.8, 4) is 0 Å². The molecule has 26 heavy (non-hydrogen) atoms. The second-order valence-electron chi connectivity index (χ2n) is 6.91. The Morgan fingerprint density at radius 3 is 2.35 bits per heavy atom. The summed E-state index contributed by atoms with van der Waals surface area (Å²) in [6.45, 7) is 1.25. The molecule has 3 N–H and O–H groups in total. The van der Waals surface area contributed by atoms with Gasteiger partial charge in [0.25, 0.3) is 0 Å². The smallest absolute Gasteiger partial charge is 0.243 e. The first-order valence-corrected chi connectivity index (χ1v) is 9.38. The van der Waals surface area contributed by atoms with Crippen molar-refractivity contribution in [1.82, 2.24) is 30.9 Å². The van der Waals surface area contributed by atoms with Gasteiger partial charge < -0.3 is 16.0 Å². The van der Waals surface area contributed by atoms with Gasteiger partial charge >= 0.3 is 0 Å². The van der Waals surface area contributed by atoms with Gasteiger partial charge in [0.1, 0.15) is 12.1 Å². The fourth-order valence-electron chi connectivity index (χ4n) is 3.38. The zero-order valence-electron chi connectivity index (χ0n) is 14.9. The molecule has 1 aromatic heterocycles. The van der Waals surface area contributed by atoms with E-state index in [0.717, 1.165) is 31.4 Å². The van der Waals surface area contributed by atoms with E-state index in [1.165, 1.54) is 0 Å². The maximum Gasteiger partial charge on any atom is 0.243 e. The maximum atomic E-state index is 12.2. The lowest BCUT2D eigenvalue weighted by atomic mass is 10.0. The van der Waals surface area contributed by atoms with Crippen LogP contribution in [0.4, 0.5) is 0 Å². The lowest BCUT2D eigenvalue weighted by molar-refractivity contribution is -0.137. The minimum atomic E-state index is -0.467. The highest BCUT2D eigenvalue weighted by molar-refractivity contribution is 5.96. The van der Waals surface area contributed by atoms with Gasteiger partial charge in [-0.2, -0.15) is 0 Å². The monoisotopic (exact) mass is 362 g/mol. The highest BCUT2D eigenvalue weighted by atomic mass is 16.2.